The normalized spacial score (nSPS) is 18.7. The van der Waals surface area contributed by atoms with Crippen LogP contribution in [0.4, 0.5) is 10.1 Å². The molecule has 1 aromatic rings. The number of hydrogen-bond acceptors (Lipinski definition) is 2. The lowest BCUT2D eigenvalue weighted by Gasteiger charge is -2.38. The van der Waals surface area contributed by atoms with Crippen molar-refractivity contribution in [2.24, 2.45) is 11.3 Å². The van der Waals surface area contributed by atoms with Crippen molar-refractivity contribution in [1.82, 2.24) is 4.90 Å². The fourth-order valence-corrected chi connectivity index (χ4v) is 2.92. The quantitative estimate of drug-likeness (QED) is 0.826. The van der Waals surface area contributed by atoms with E-state index in [9.17, 15) is 4.39 Å². The van der Waals surface area contributed by atoms with Crippen LogP contribution < -0.4 is 5.73 Å². The van der Waals surface area contributed by atoms with Crippen LogP contribution in [0.5, 0.6) is 0 Å². The standard InChI is InChI=1S/C16H25FN2/c1-16(2,3)13-7-9-19(10-8-13)11-12-5-4-6-14(17)15(12)18/h4-6,13H,7-11,18H2,1-3H3. The molecule has 106 valence electrons. The number of hydrogen-bond donors (Lipinski definition) is 1. The van der Waals surface area contributed by atoms with Gasteiger partial charge in [-0.05, 0) is 48.9 Å². The van der Waals surface area contributed by atoms with E-state index in [1.807, 2.05) is 6.07 Å². The molecule has 1 fully saturated rings. The van der Waals surface area contributed by atoms with Crippen LogP contribution in [0, 0.1) is 17.2 Å². The summed E-state index contributed by atoms with van der Waals surface area (Å²) in [5.41, 5.74) is 7.40. The van der Waals surface area contributed by atoms with Gasteiger partial charge in [0.1, 0.15) is 5.82 Å². The maximum Gasteiger partial charge on any atom is 0.146 e. The van der Waals surface area contributed by atoms with E-state index in [4.69, 9.17) is 5.73 Å². The summed E-state index contributed by atoms with van der Waals surface area (Å²) in [7, 11) is 0. The summed E-state index contributed by atoms with van der Waals surface area (Å²) < 4.78 is 13.4. The number of anilines is 1. The van der Waals surface area contributed by atoms with E-state index < -0.39 is 0 Å². The number of nitrogen functional groups attached to an aromatic ring is 1. The molecule has 0 amide bonds. The zero-order chi connectivity index (χ0) is 14.0. The zero-order valence-electron chi connectivity index (χ0n) is 12.2. The Bertz CT molecular complexity index is 429. The van der Waals surface area contributed by atoms with Crippen molar-refractivity contribution in [3.63, 3.8) is 0 Å². The largest absolute Gasteiger partial charge is 0.396 e. The predicted molar refractivity (Wildman–Crippen MR) is 78.3 cm³/mol. The van der Waals surface area contributed by atoms with Crippen LogP contribution >= 0.6 is 0 Å². The number of benzene rings is 1. The molecule has 0 radical (unpaired) electrons. The molecule has 2 N–H and O–H groups in total. The molecule has 0 aliphatic carbocycles. The highest BCUT2D eigenvalue weighted by atomic mass is 19.1. The van der Waals surface area contributed by atoms with Crippen LogP contribution in [0.1, 0.15) is 39.2 Å². The number of rotatable bonds is 2. The Morgan fingerprint density at radius 1 is 1.26 bits per heavy atom. The summed E-state index contributed by atoms with van der Waals surface area (Å²) in [6.07, 6.45) is 2.44. The first-order valence-corrected chi connectivity index (χ1v) is 7.13. The fourth-order valence-electron chi connectivity index (χ4n) is 2.92. The van der Waals surface area contributed by atoms with Crippen LogP contribution in [0.3, 0.4) is 0 Å². The van der Waals surface area contributed by atoms with Gasteiger partial charge in [-0.2, -0.15) is 0 Å². The maximum absolute atomic E-state index is 13.4. The third kappa shape index (κ3) is 3.47. The molecular formula is C16H25FN2. The van der Waals surface area contributed by atoms with Crippen LogP contribution in [0.25, 0.3) is 0 Å². The van der Waals surface area contributed by atoms with Gasteiger partial charge < -0.3 is 5.73 Å². The minimum atomic E-state index is -0.304. The number of nitrogens with zero attached hydrogens (tertiary/aromatic N) is 1. The molecule has 0 aromatic heterocycles. The van der Waals surface area contributed by atoms with Crippen molar-refractivity contribution < 1.29 is 4.39 Å². The number of piperidine rings is 1. The average Bonchev–Trinajstić information content (AvgIpc) is 2.35. The summed E-state index contributed by atoms with van der Waals surface area (Å²) in [5, 5.41) is 0. The smallest absolute Gasteiger partial charge is 0.146 e. The summed E-state index contributed by atoms with van der Waals surface area (Å²) in [6.45, 7) is 9.88. The Morgan fingerprint density at radius 3 is 2.47 bits per heavy atom. The second-order valence-corrected chi connectivity index (χ2v) is 6.73. The van der Waals surface area contributed by atoms with Crippen molar-refractivity contribution in [3.8, 4) is 0 Å². The minimum absolute atomic E-state index is 0.304. The molecule has 2 rings (SSSR count). The molecule has 0 saturated carbocycles. The van der Waals surface area contributed by atoms with Gasteiger partial charge in [-0.1, -0.05) is 32.9 Å². The Hall–Kier alpha value is -1.09. The van der Waals surface area contributed by atoms with E-state index in [1.54, 1.807) is 6.07 Å². The minimum Gasteiger partial charge on any atom is -0.396 e. The molecule has 1 saturated heterocycles. The highest BCUT2D eigenvalue weighted by Gasteiger charge is 2.28. The van der Waals surface area contributed by atoms with E-state index in [2.05, 4.69) is 25.7 Å². The highest BCUT2D eigenvalue weighted by molar-refractivity contribution is 5.47. The first-order chi connectivity index (χ1) is 8.88. The van der Waals surface area contributed by atoms with Gasteiger partial charge in [-0.3, -0.25) is 4.90 Å². The van der Waals surface area contributed by atoms with E-state index in [0.29, 0.717) is 11.1 Å². The van der Waals surface area contributed by atoms with Gasteiger partial charge in [0, 0.05) is 6.54 Å². The van der Waals surface area contributed by atoms with Crippen LogP contribution in [0.2, 0.25) is 0 Å². The number of nitrogens with two attached hydrogens (primary N) is 1. The molecule has 0 unspecified atom stereocenters. The lowest BCUT2D eigenvalue weighted by atomic mass is 9.75. The van der Waals surface area contributed by atoms with E-state index in [0.717, 1.165) is 31.1 Å². The van der Waals surface area contributed by atoms with Gasteiger partial charge in [0.15, 0.2) is 0 Å². The molecule has 2 nitrogen and oxygen atoms in total. The van der Waals surface area contributed by atoms with Crippen molar-refractivity contribution in [2.75, 3.05) is 18.8 Å². The van der Waals surface area contributed by atoms with Gasteiger partial charge in [0.05, 0.1) is 5.69 Å². The highest BCUT2D eigenvalue weighted by Crippen LogP contribution is 2.34. The molecule has 0 bridgehead atoms. The van der Waals surface area contributed by atoms with Crippen molar-refractivity contribution >= 4 is 5.69 Å². The second kappa shape index (κ2) is 5.49. The first-order valence-electron chi connectivity index (χ1n) is 7.13. The zero-order valence-corrected chi connectivity index (χ0v) is 12.2. The Kier molecular flexibility index (Phi) is 4.14. The lowest BCUT2D eigenvalue weighted by molar-refractivity contribution is 0.108. The predicted octanol–water partition coefficient (Wildman–Crippen LogP) is 3.67. The van der Waals surface area contributed by atoms with Gasteiger partial charge in [-0.15, -0.1) is 0 Å². The Labute approximate surface area is 115 Å². The monoisotopic (exact) mass is 264 g/mol. The molecule has 1 heterocycles. The van der Waals surface area contributed by atoms with Gasteiger partial charge in [0.2, 0.25) is 0 Å². The number of para-hydroxylation sites is 1. The molecular weight excluding hydrogens is 239 g/mol. The topological polar surface area (TPSA) is 29.3 Å². The molecule has 1 aromatic carbocycles. The lowest BCUT2D eigenvalue weighted by Crippen LogP contribution is -2.37. The average molecular weight is 264 g/mol. The van der Waals surface area contributed by atoms with Crippen molar-refractivity contribution in [1.29, 1.82) is 0 Å². The Morgan fingerprint density at radius 2 is 1.89 bits per heavy atom. The molecule has 3 heteroatoms. The third-order valence-electron chi connectivity index (χ3n) is 4.35. The van der Waals surface area contributed by atoms with E-state index in [-0.39, 0.29) is 5.82 Å². The van der Waals surface area contributed by atoms with Crippen LogP contribution in [-0.2, 0) is 6.54 Å². The first kappa shape index (κ1) is 14.3. The molecule has 0 spiro atoms. The molecule has 1 aliphatic rings. The number of halogens is 1. The summed E-state index contributed by atoms with van der Waals surface area (Å²) in [5.74, 6) is 0.482. The SMILES string of the molecule is CC(C)(C)C1CCN(Cc2cccc(F)c2N)CC1. The van der Waals surface area contributed by atoms with Crippen molar-refractivity contribution in [3.05, 3.63) is 29.6 Å². The van der Waals surface area contributed by atoms with E-state index in [1.165, 1.54) is 18.9 Å². The van der Waals surface area contributed by atoms with Gasteiger partial charge in [0.25, 0.3) is 0 Å². The van der Waals surface area contributed by atoms with Crippen molar-refractivity contribution in [2.45, 2.75) is 40.2 Å². The summed E-state index contributed by atoms with van der Waals surface area (Å²) in [4.78, 5) is 2.38. The maximum atomic E-state index is 13.4. The fraction of sp³-hybridized carbons (Fsp3) is 0.625. The second-order valence-electron chi connectivity index (χ2n) is 6.73. The van der Waals surface area contributed by atoms with Crippen LogP contribution in [-0.4, -0.2) is 18.0 Å². The van der Waals surface area contributed by atoms with E-state index >= 15 is 0 Å². The molecule has 0 atom stereocenters. The molecule has 19 heavy (non-hydrogen) atoms. The summed E-state index contributed by atoms with van der Waals surface area (Å²) >= 11 is 0. The third-order valence-corrected chi connectivity index (χ3v) is 4.35. The van der Waals surface area contributed by atoms with Gasteiger partial charge >= 0.3 is 0 Å². The number of likely N-dealkylation sites (tertiary alicyclic amines) is 1. The molecule has 1 aliphatic heterocycles. The summed E-state index contributed by atoms with van der Waals surface area (Å²) in [6, 6.07) is 5.09. The van der Waals surface area contributed by atoms with Gasteiger partial charge in [-0.25, -0.2) is 4.39 Å². The Balaban J connectivity index is 1.94. The van der Waals surface area contributed by atoms with Crippen LogP contribution in [0.15, 0.2) is 18.2 Å².